The van der Waals surface area contributed by atoms with Gasteiger partial charge in [-0.15, -0.1) is 0 Å². The monoisotopic (exact) mass is 447 g/mol. The molecule has 0 saturated carbocycles. The van der Waals surface area contributed by atoms with Gasteiger partial charge in [0.15, 0.2) is 11.6 Å². The van der Waals surface area contributed by atoms with E-state index < -0.39 is 28.9 Å². The molecule has 11 heteroatoms. The number of hydrogen-bond acceptors (Lipinski definition) is 5. The van der Waals surface area contributed by atoms with E-state index in [1.165, 1.54) is 47.9 Å². The lowest BCUT2D eigenvalue weighted by molar-refractivity contribution is -0.138. The summed E-state index contributed by atoms with van der Waals surface area (Å²) < 4.78 is 68.3. The third kappa shape index (κ3) is 4.27. The van der Waals surface area contributed by atoms with Crippen LogP contribution in [0, 0.1) is 11.6 Å². The predicted octanol–water partition coefficient (Wildman–Crippen LogP) is 4.22. The average Bonchev–Trinajstić information content (AvgIpc) is 2.76. The van der Waals surface area contributed by atoms with Crippen molar-refractivity contribution in [2.45, 2.75) is 19.3 Å². The SMILES string of the molecule is O=c1cc(CN(Cc2ncccc2C(F)(F)F)c2cnccn2)c2ccc(F)c(F)c2[nH]1. The molecule has 0 radical (unpaired) electrons. The predicted molar refractivity (Wildman–Crippen MR) is 106 cm³/mol. The molecule has 164 valence electrons. The summed E-state index contributed by atoms with van der Waals surface area (Å²) in [4.78, 5) is 27.7. The minimum atomic E-state index is -4.63. The van der Waals surface area contributed by atoms with Crippen LogP contribution in [0.15, 0.2) is 59.9 Å². The van der Waals surface area contributed by atoms with E-state index in [4.69, 9.17) is 0 Å². The third-order valence-corrected chi connectivity index (χ3v) is 4.77. The van der Waals surface area contributed by atoms with Gasteiger partial charge in [-0.25, -0.2) is 13.8 Å². The normalized spacial score (nSPS) is 11.7. The van der Waals surface area contributed by atoms with Crippen LogP contribution in [0.3, 0.4) is 0 Å². The molecule has 0 fully saturated rings. The molecular weight excluding hydrogens is 433 g/mol. The molecule has 0 bridgehead atoms. The fraction of sp³-hybridized carbons (Fsp3) is 0.143. The molecule has 32 heavy (non-hydrogen) atoms. The van der Waals surface area contributed by atoms with Gasteiger partial charge in [0.1, 0.15) is 5.82 Å². The van der Waals surface area contributed by atoms with Gasteiger partial charge in [-0.05, 0) is 29.8 Å². The van der Waals surface area contributed by atoms with E-state index in [0.29, 0.717) is 0 Å². The van der Waals surface area contributed by atoms with Crippen molar-refractivity contribution in [1.29, 1.82) is 0 Å². The molecule has 6 nitrogen and oxygen atoms in total. The minimum Gasteiger partial charge on any atom is -0.345 e. The van der Waals surface area contributed by atoms with E-state index >= 15 is 0 Å². The highest BCUT2D eigenvalue weighted by Gasteiger charge is 2.34. The van der Waals surface area contributed by atoms with Gasteiger partial charge >= 0.3 is 6.18 Å². The molecule has 0 aliphatic heterocycles. The highest BCUT2D eigenvalue weighted by Crippen LogP contribution is 2.32. The number of aromatic nitrogens is 4. The molecule has 3 heterocycles. The van der Waals surface area contributed by atoms with Crippen molar-refractivity contribution in [2.24, 2.45) is 0 Å². The number of alkyl halides is 3. The van der Waals surface area contributed by atoms with Gasteiger partial charge in [0.25, 0.3) is 0 Å². The average molecular weight is 447 g/mol. The van der Waals surface area contributed by atoms with Crippen LogP contribution < -0.4 is 10.5 Å². The highest BCUT2D eigenvalue weighted by molar-refractivity contribution is 5.82. The van der Waals surface area contributed by atoms with Crippen molar-refractivity contribution in [3.05, 3.63) is 93.9 Å². The number of anilines is 1. The number of rotatable bonds is 5. The zero-order valence-electron chi connectivity index (χ0n) is 16.2. The van der Waals surface area contributed by atoms with Crippen molar-refractivity contribution < 1.29 is 22.0 Å². The van der Waals surface area contributed by atoms with Gasteiger partial charge in [0, 0.05) is 36.6 Å². The number of nitrogens with one attached hydrogen (secondary N) is 1. The van der Waals surface area contributed by atoms with Gasteiger partial charge in [0.2, 0.25) is 5.56 Å². The number of pyridine rings is 2. The third-order valence-electron chi connectivity index (χ3n) is 4.77. The Bertz CT molecular complexity index is 1320. The Labute approximate surface area is 177 Å². The van der Waals surface area contributed by atoms with E-state index in [9.17, 15) is 26.7 Å². The van der Waals surface area contributed by atoms with Crippen LogP contribution >= 0.6 is 0 Å². The first-order valence-electron chi connectivity index (χ1n) is 9.26. The van der Waals surface area contributed by atoms with Crippen LogP contribution in [0.25, 0.3) is 10.9 Å². The largest absolute Gasteiger partial charge is 0.418 e. The Hall–Kier alpha value is -3.89. The Morgan fingerprint density at radius 2 is 1.81 bits per heavy atom. The molecule has 0 aliphatic carbocycles. The molecule has 0 unspecified atom stereocenters. The fourth-order valence-corrected chi connectivity index (χ4v) is 3.35. The van der Waals surface area contributed by atoms with Gasteiger partial charge in [-0.1, -0.05) is 0 Å². The van der Waals surface area contributed by atoms with E-state index in [2.05, 4.69) is 19.9 Å². The Balaban J connectivity index is 1.81. The maximum Gasteiger partial charge on any atom is 0.418 e. The smallest absolute Gasteiger partial charge is 0.345 e. The number of halogens is 5. The molecule has 0 amide bonds. The van der Waals surface area contributed by atoms with Crippen molar-refractivity contribution in [2.75, 3.05) is 4.90 Å². The van der Waals surface area contributed by atoms with Gasteiger partial charge in [-0.3, -0.25) is 14.8 Å². The Morgan fingerprint density at radius 3 is 2.53 bits per heavy atom. The number of fused-ring (bicyclic) bond motifs is 1. The molecular formula is C21H14F5N5O. The quantitative estimate of drug-likeness (QED) is 0.464. The van der Waals surface area contributed by atoms with E-state index in [-0.39, 0.29) is 41.1 Å². The van der Waals surface area contributed by atoms with E-state index in [1.807, 2.05) is 0 Å². The second-order valence-corrected chi connectivity index (χ2v) is 6.86. The number of benzene rings is 1. The summed E-state index contributed by atoms with van der Waals surface area (Å²) in [6.07, 6.45) is 0.696. The van der Waals surface area contributed by atoms with Gasteiger partial charge < -0.3 is 9.88 Å². The van der Waals surface area contributed by atoms with Gasteiger partial charge in [-0.2, -0.15) is 13.2 Å². The standard InChI is InChI=1S/C21H14F5N5O/c22-15-4-3-13-12(8-18(32)30-20(13)19(15)23)10-31(17-9-27-6-7-29-17)11-16-14(21(24,25)26)2-1-5-28-16/h1-9H,10-11H2,(H,30,32). The van der Waals surface area contributed by atoms with Crippen LogP contribution in [-0.2, 0) is 19.3 Å². The molecule has 4 aromatic rings. The van der Waals surface area contributed by atoms with Crippen LogP contribution in [0.1, 0.15) is 16.8 Å². The number of hydrogen-bond donors (Lipinski definition) is 1. The van der Waals surface area contributed by atoms with E-state index in [1.54, 1.807) is 0 Å². The number of nitrogens with zero attached hydrogens (tertiary/aromatic N) is 4. The van der Waals surface area contributed by atoms with Gasteiger partial charge in [0.05, 0.1) is 29.5 Å². The molecule has 0 atom stereocenters. The molecule has 0 saturated heterocycles. The second-order valence-electron chi connectivity index (χ2n) is 6.86. The summed E-state index contributed by atoms with van der Waals surface area (Å²) >= 11 is 0. The van der Waals surface area contributed by atoms with E-state index in [0.717, 1.165) is 12.1 Å². The number of aromatic amines is 1. The summed E-state index contributed by atoms with van der Waals surface area (Å²) in [7, 11) is 0. The Kier molecular flexibility index (Phi) is 5.56. The van der Waals surface area contributed by atoms with Crippen molar-refractivity contribution >= 4 is 16.7 Å². The molecule has 1 aromatic carbocycles. The molecule has 0 aliphatic rings. The Morgan fingerprint density at radius 1 is 1.00 bits per heavy atom. The molecule has 1 N–H and O–H groups in total. The zero-order chi connectivity index (χ0) is 22.9. The molecule has 4 rings (SSSR count). The summed E-state index contributed by atoms with van der Waals surface area (Å²) in [5.41, 5.74) is -1.95. The minimum absolute atomic E-state index is 0.141. The van der Waals surface area contributed by atoms with Crippen LogP contribution in [0.4, 0.5) is 27.8 Å². The van der Waals surface area contributed by atoms with Crippen LogP contribution in [0.5, 0.6) is 0 Å². The maximum atomic E-state index is 14.2. The maximum absolute atomic E-state index is 14.2. The summed E-state index contributed by atoms with van der Waals surface area (Å²) in [5, 5.41) is 0.203. The lowest BCUT2D eigenvalue weighted by Crippen LogP contribution is -2.26. The lowest BCUT2D eigenvalue weighted by atomic mass is 10.1. The van der Waals surface area contributed by atoms with Crippen molar-refractivity contribution in [3.63, 3.8) is 0 Å². The summed E-state index contributed by atoms with van der Waals surface area (Å²) in [6.45, 7) is -0.468. The first-order valence-corrected chi connectivity index (χ1v) is 9.26. The van der Waals surface area contributed by atoms with Crippen molar-refractivity contribution in [1.82, 2.24) is 19.9 Å². The first-order chi connectivity index (χ1) is 15.2. The molecule has 0 spiro atoms. The summed E-state index contributed by atoms with van der Waals surface area (Å²) in [5.74, 6) is -2.15. The number of H-pyrrole nitrogens is 1. The van der Waals surface area contributed by atoms with Crippen molar-refractivity contribution in [3.8, 4) is 0 Å². The fourth-order valence-electron chi connectivity index (χ4n) is 3.35. The topological polar surface area (TPSA) is 74.8 Å². The van der Waals surface area contributed by atoms with Crippen LogP contribution in [0.2, 0.25) is 0 Å². The highest BCUT2D eigenvalue weighted by atomic mass is 19.4. The lowest BCUT2D eigenvalue weighted by Gasteiger charge is -2.25. The molecule has 3 aromatic heterocycles. The zero-order valence-corrected chi connectivity index (χ0v) is 16.2. The first kappa shape index (κ1) is 21.3. The second kappa shape index (κ2) is 8.33. The summed E-state index contributed by atoms with van der Waals surface area (Å²) in [6, 6.07) is 5.47. The van der Waals surface area contributed by atoms with Crippen LogP contribution in [-0.4, -0.2) is 19.9 Å².